The second-order valence-corrected chi connectivity index (χ2v) is 9.26. The van der Waals surface area contributed by atoms with Gasteiger partial charge in [-0.3, -0.25) is 18.9 Å². The Balaban J connectivity index is 1.71. The maximum absolute atomic E-state index is 13.6. The molecule has 0 spiro atoms. The Labute approximate surface area is 214 Å². The molecule has 36 heavy (non-hydrogen) atoms. The maximum atomic E-state index is 13.6. The molecule has 0 radical (unpaired) electrons. The number of aromatic amines is 1. The lowest BCUT2D eigenvalue weighted by atomic mass is 9.98. The van der Waals surface area contributed by atoms with Crippen LogP contribution in [0.1, 0.15) is 42.4 Å². The number of H-pyrrole nitrogens is 1. The van der Waals surface area contributed by atoms with Crippen LogP contribution in [-0.2, 0) is 13.0 Å². The van der Waals surface area contributed by atoms with E-state index in [1.807, 2.05) is 69.6 Å². The highest BCUT2D eigenvalue weighted by atomic mass is 32.1. The van der Waals surface area contributed by atoms with E-state index >= 15 is 0 Å². The number of nitrogens with zero attached hydrogens (tertiary/aromatic N) is 4. The van der Waals surface area contributed by atoms with Crippen molar-refractivity contribution in [1.82, 2.24) is 24.6 Å². The topological polar surface area (TPSA) is 97.0 Å². The predicted molar refractivity (Wildman–Crippen MR) is 144 cm³/mol. The summed E-state index contributed by atoms with van der Waals surface area (Å²) in [6.45, 7) is 4.36. The minimum Gasteiger partial charge on any atom is -0.368 e. The highest BCUT2D eigenvalue weighted by Gasteiger charge is 2.19. The number of benzene rings is 2. The molecular weight excluding hydrogens is 474 g/mol. The highest BCUT2D eigenvalue weighted by molar-refractivity contribution is 7.80. The van der Waals surface area contributed by atoms with Gasteiger partial charge in [0.05, 0.1) is 17.8 Å². The molecule has 0 bridgehead atoms. The van der Waals surface area contributed by atoms with Crippen molar-refractivity contribution in [3.05, 3.63) is 92.1 Å². The summed E-state index contributed by atoms with van der Waals surface area (Å²) in [5.74, 6) is 0.551. The van der Waals surface area contributed by atoms with Crippen LogP contribution in [0.5, 0.6) is 0 Å². The van der Waals surface area contributed by atoms with Gasteiger partial charge in [0.15, 0.2) is 5.82 Å². The molecule has 1 N–H and O–H groups in total. The van der Waals surface area contributed by atoms with E-state index in [1.165, 1.54) is 0 Å². The van der Waals surface area contributed by atoms with Crippen molar-refractivity contribution < 1.29 is 4.52 Å². The largest absolute Gasteiger partial charge is 0.439 e. The van der Waals surface area contributed by atoms with Gasteiger partial charge in [0.2, 0.25) is 0 Å². The fraction of sp³-hybridized carbons (Fsp3) is 0.296. The number of nitrogens with one attached hydrogen (secondary N) is 1. The van der Waals surface area contributed by atoms with Crippen LogP contribution >= 0.6 is 12.2 Å². The van der Waals surface area contributed by atoms with E-state index in [9.17, 15) is 9.59 Å². The van der Waals surface area contributed by atoms with E-state index < -0.39 is 5.76 Å². The van der Waals surface area contributed by atoms with Crippen molar-refractivity contribution in [2.24, 2.45) is 0 Å². The first-order valence-electron chi connectivity index (χ1n) is 11.9. The lowest BCUT2D eigenvalue weighted by Crippen LogP contribution is -2.36. The summed E-state index contributed by atoms with van der Waals surface area (Å²) in [4.78, 5) is 34.7. The molecule has 0 amide bonds. The van der Waals surface area contributed by atoms with E-state index in [2.05, 4.69) is 21.6 Å². The van der Waals surface area contributed by atoms with Crippen molar-refractivity contribution in [2.45, 2.75) is 39.7 Å². The van der Waals surface area contributed by atoms with Crippen LogP contribution in [0, 0.1) is 6.92 Å². The van der Waals surface area contributed by atoms with E-state index in [4.69, 9.17) is 17.2 Å². The third-order valence-electron chi connectivity index (χ3n) is 6.03. The Hall–Kier alpha value is -3.85. The summed E-state index contributed by atoms with van der Waals surface area (Å²) >= 11 is 5.54. The van der Waals surface area contributed by atoms with Gasteiger partial charge in [-0.25, -0.2) is 9.78 Å². The van der Waals surface area contributed by atoms with Gasteiger partial charge in [-0.15, -0.1) is 0 Å². The number of hydrogen-bond donors (Lipinski definition) is 1. The summed E-state index contributed by atoms with van der Waals surface area (Å²) in [5.41, 5.74) is 4.62. The Bertz CT molecular complexity index is 1500. The van der Waals surface area contributed by atoms with Gasteiger partial charge < -0.3 is 4.90 Å². The zero-order chi connectivity index (χ0) is 25.8. The van der Waals surface area contributed by atoms with Gasteiger partial charge in [0.1, 0.15) is 10.8 Å². The SMILES string of the molecule is CCCCc1nc(C)c(C(=S)N(C)C)c(=O)n1Cc1ccc(-c2ccccc2-c2noc(=O)[nH]2)cc1. The van der Waals surface area contributed by atoms with Gasteiger partial charge in [0, 0.05) is 26.1 Å². The molecule has 9 heteroatoms. The third kappa shape index (κ3) is 5.21. The molecule has 0 atom stereocenters. The van der Waals surface area contributed by atoms with E-state index in [0.717, 1.165) is 47.3 Å². The minimum atomic E-state index is -0.598. The second kappa shape index (κ2) is 10.8. The Kier molecular flexibility index (Phi) is 7.59. The number of aryl methyl sites for hydroxylation is 2. The molecule has 0 saturated carbocycles. The van der Waals surface area contributed by atoms with Gasteiger partial charge in [-0.2, -0.15) is 0 Å². The summed E-state index contributed by atoms with van der Waals surface area (Å²) in [7, 11) is 3.67. The molecule has 0 aliphatic rings. The molecule has 0 saturated heterocycles. The first-order chi connectivity index (χ1) is 17.3. The van der Waals surface area contributed by atoms with Crippen LogP contribution < -0.4 is 11.3 Å². The molecule has 4 aromatic rings. The Morgan fingerprint density at radius 1 is 1.08 bits per heavy atom. The van der Waals surface area contributed by atoms with Crippen molar-refractivity contribution in [2.75, 3.05) is 14.1 Å². The lowest BCUT2D eigenvalue weighted by Gasteiger charge is -2.19. The molecule has 8 nitrogen and oxygen atoms in total. The zero-order valence-corrected chi connectivity index (χ0v) is 21.7. The van der Waals surface area contributed by atoms with Crippen molar-refractivity contribution >= 4 is 17.2 Å². The van der Waals surface area contributed by atoms with Crippen LogP contribution in [0.4, 0.5) is 0 Å². The molecule has 0 unspecified atom stereocenters. The molecule has 0 fully saturated rings. The fourth-order valence-corrected chi connectivity index (χ4v) is 4.37. The van der Waals surface area contributed by atoms with Gasteiger partial charge >= 0.3 is 5.76 Å². The van der Waals surface area contributed by atoms with Crippen molar-refractivity contribution in [3.8, 4) is 22.5 Å². The summed E-state index contributed by atoms with van der Waals surface area (Å²) < 4.78 is 6.43. The Morgan fingerprint density at radius 2 is 1.78 bits per heavy atom. The molecule has 0 aliphatic heterocycles. The van der Waals surface area contributed by atoms with Crippen LogP contribution in [0.2, 0.25) is 0 Å². The molecule has 4 rings (SSSR count). The first kappa shape index (κ1) is 25.2. The van der Waals surface area contributed by atoms with Gasteiger partial charge in [-0.1, -0.05) is 79.3 Å². The van der Waals surface area contributed by atoms with Crippen molar-refractivity contribution in [1.29, 1.82) is 0 Å². The van der Waals surface area contributed by atoms with Crippen LogP contribution in [0.15, 0.2) is 62.6 Å². The molecule has 0 aliphatic carbocycles. The van der Waals surface area contributed by atoms with E-state index in [1.54, 1.807) is 9.47 Å². The molecular formula is C27H29N5O3S. The zero-order valence-electron chi connectivity index (χ0n) is 20.9. The smallest absolute Gasteiger partial charge is 0.368 e. The van der Waals surface area contributed by atoms with Crippen molar-refractivity contribution in [3.63, 3.8) is 0 Å². The molecule has 186 valence electrons. The normalized spacial score (nSPS) is 11.0. The van der Waals surface area contributed by atoms with Crippen LogP contribution in [0.3, 0.4) is 0 Å². The minimum absolute atomic E-state index is 0.114. The number of unbranched alkanes of at least 4 members (excludes halogenated alkanes) is 1. The third-order valence-corrected chi connectivity index (χ3v) is 6.60. The highest BCUT2D eigenvalue weighted by Crippen LogP contribution is 2.30. The monoisotopic (exact) mass is 503 g/mol. The second-order valence-electron chi connectivity index (χ2n) is 8.87. The van der Waals surface area contributed by atoms with Gasteiger partial charge in [-0.05, 0) is 30.0 Å². The number of thiocarbonyl (C=S) groups is 1. The maximum Gasteiger partial charge on any atom is 0.439 e. The van der Waals surface area contributed by atoms with E-state index in [-0.39, 0.29) is 5.56 Å². The summed E-state index contributed by atoms with van der Waals surface area (Å²) in [6, 6.07) is 15.6. The fourth-order valence-electron chi connectivity index (χ4n) is 4.13. The summed E-state index contributed by atoms with van der Waals surface area (Å²) in [5, 5.41) is 3.83. The average Bonchev–Trinajstić information content (AvgIpc) is 3.31. The standard InChI is InChI=1S/C27H29N5O3S/c1-5-6-11-22-28-17(2)23(26(36)31(3)4)25(33)32(22)16-18-12-14-19(15-13-18)20-9-7-8-10-21(20)24-29-27(34)35-30-24/h7-10,12-15H,5-6,11,16H2,1-4H3,(H,29,30,34). The van der Waals surface area contributed by atoms with Crippen LogP contribution in [-0.4, -0.2) is 43.7 Å². The quantitative estimate of drug-likeness (QED) is 0.360. The molecule has 2 aromatic heterocycles. The first-order valence-corrected chi connectivity index (χ1v) is 12.3. The number of hydrogen-bond acceptors (Lipinski definition) is 6. The van der Waals surface area contributed by atoms with Crippen LogP contribution in [0.25, 0.3) is 22.5 Å². The van der Waals surface area contributed by atoms with E-state index in [0.29, 0.717) is 28.6 Å². The molecule has 2 heterocycles. The number of rotatable bonds is 8. The molecule has 2 aromatic carbocycles. The average molecular weight is 504 g/mol. The van der Waals surface area contributed by atoms with Gasteiger partial charge in [0.25, 0.3) is 5.56 Å². The number of aromatic nitrogens is 4. The predicted octanol–water partition coefficient (Wildman–Crippen LogP) is 4.19. The lowest BCUT2D eigenvalue weighted by molar-refractivity contribution is 0.388. The Morgan fingerprint density at radius 3 is 2.39 bits per heavy atom. The summed E-state index contributed by atoms with van der Waals surface area (Å²) in [6.07, 6.45) is 2.68.